The molecule has 0 fully saturated rings. The Morgan fingerprint density at radius 2 is 1.94 bits per heavy atom. The molecule has 98 valence electrons. The number of alkyl halides is 3. The monoisotopic (exact) mass is 296 g/mol. The molecule has 0 aliphatic rings. The minimum Gasteiger partial charge on any atom is -0.382 e. The molecule has 1 N–H and O–H groups in total. The number of halogens is 5. The van der Waals surface area contributed by atoms with Crippen molar-refractivity contribution in [3.05, 3.63) is 27.7 Å². The van der Waals surface area contributed by atoms with Crippen LogP contribution in [0, 0.1) is 24.2 Å². The van der Waals surface area contributed by atoms with Crippen molar-refractivity contribution in [2.75, 3.05) is 11.9 Å². The van der Waals surface area contributed by atoms with E-state index in [9.17, 15) is 13.2 Å². The quantitative estimate of drug-likeness (QED) is 0.896. The summed E-state index contributed by atoms with van der Waals surface area (Å²) < 4.78 is 37.0. The molecule has 0 spiro atoms. The third-order valence-corrected chi connectivity index (χ3v) is 3.02. The summed E-state index contributed by atoms with van der Waals surface area (Å²) in [6, 6.07) is 4.17. The molecule has 1 rings (SSSR count). The molecule has 0 saturated carbocycles. The molecular weight excluding hydrogens is 288 g/mol. The molecule has 0 aliphatic heterocycles. The molecule has 7 heteroatoms. The van der Waals surface area contributed by atoms with Crippen LogP contribution in [-0.2, 0) is 0 Å². The maximum atomic E-state index is 12.3. The molecular formula is C11H9Cl2F3N2. The lowest BCUT2D eigenvalue weighted by molar-refractivity contribution is -0.155. The van der Waals surface area contributed by atoms with E-state index >= 15 is 0 Å². The largest absolute Gasteiger partial charge is 0.406 e. The lowest BCUT2D eigenvalue weighted by atomic mass is 10.1. The molecule has 0 aromatic heterocycles. The van der Waals surface area contributed by atoms with Crippen molar-refractivity contribution in [1.82, 2.24) is 0 Å². The summed E-state index contributed by atoms with van der Waals surface area (Å²) in [5.41, 5.74) is 0.997. The number of rotatable bonds is 3. The van der Waals surface area contributed by atoms with Gasteiger partial charge in [0.15, 0.2) is 5.92 Å². The Balaban J connectivity index is 2.81. The van der Waals surface area contributed by atoms with E-state index in [1.807, 2.05) is 0 Å². The van der Waals surface area contributed by atoms with Crippen molar-refractivity contribution in [2.24, 2.45) is 5.92 Å². The number of nitrogens with zero attached hydrogens (tertiary/aromatic N) is 1. The van der Waals surface area contributed by atoms with Crippen molar-refractivity contribution < 1.29 is 13.2 Å². The Hall–Kier alpha value is -1.12. The van der Waals surface area contributed by atoms with Crippen LogP contribution in [0.4, 0.5) is 18.9 Å². The van der Waals surface area contributed by atoms with Gasteiger partial charge in [0.2, 0.25) is 0 Å². The van der Waals surface area contributed by atoms with Crippen LogP contribution in [0.3, 0.4) is 0 Å². The van der Waals surface area contributed by atoms with Gasteiger partial charge in [0.25, 0.3) is 0 Å². The van der Waals surface area contributed by atoms with Gasteiger partial charge in [0.05, 0.1) is 16.8 Å². The van der Waals surface area contributed by atoms with Gasteiger partial charge in [-0.15, -0.1) is 0 Å². The van der Waals surface area contributed by atoms with Crippen LogP contribution in [-0.4, -0.2) is 12.7 Å². The van der Waals surface area contributed by atoms with E-state index < -0.39 is 18.6 Å². The molecule has 0 heterocycles. The fourth-order valence-electron chi connectivity index (χ4n) is 1.23. The summed E-state index contributed by atoms with van der Waals surface area (Å²) in [5, 5.41) is 11.6. The van der Waals surface area contributed by atoms with Gasteiger partial charge in [-0.05, 0) is 24.6 Å². The van der Waals surface area contributed by atoms with Crippen LogP contribution in [0.2, 0.25) is 10.0 Å². The average Bonchev–Trinajstić information content (AvgIpc) is 2.24. The molecule has 18 heavy (non-hydrogen) atoms. The van der Waals surface area contributed by atoms with Crippen LogP contribution in [0.25, 0.3) is 0 Å². The topological polar surface area (TPSA) is 35.8 Å². The lowest BCUT2D eigenvalue weighted by Gasteiger charge is -2.16. The molecule has 1 unspecified atom stereocenters. The smallest absolute Gasteiger partial charge is 0.382 e. The summed E-state index contributed by atoms with van der Waals surface area (Å²) in [5.74, 6) is -2.09. The van der Waals surface area contributed by atoms with Gasteiger partial charge in [-0.3, -0.25) is 0 Å². The maximum absolute atomic E-state index is 12.3. The second-order valence-electron chi connectivity index (χ2n) is 3.69. The Bertz CT molecular complexity index is 480. The summed E-state index contributed by atoms with van der Waals surface area (Å²) in [6.45, 7) is 1.16. The third-order valence-electron chi connectivity index (χ3n) is 2.30. The Kier molecular flexibility index (Phi) is 4.71. The fraction of sp³-hybridized carbons (Fsp3) is 0.364. The highest BCUT2D eigenvalue weighted by molar-refractivity contribution is 6.35. The van der Waals surface area contributed by atoms with E-state index in [0.29, 0.717) is 5.02 Å². The number of anilines is 1. The van der Waals surface area contributed by atoms with Gasteiger partial charge in [0, 0.05) is 11.6 Å². The average molecular weight is 297 g/mol. The van der Waals surface area contributed by atoms with Crippen molar-refractivity contribution in [2.45, 2.75) is 13.1 Å². The molecule has 2 nitrogen and oxygen atoms in total. The predicted octanol–water partition coefficient (Wildman–Crippen LogP) is 4.42. The van der Waals surface area contributed by atoms with E-state index in [4.69, 9.17) is 28.5 Å². The van der Waals surface area contributed by atoms with E-state index in [1.54, 1.807) is 13.0 Å². The zero-order valence-corrected chi connectivity index (χ0v) is 10.8. The molecule has 0 saturated heterocycles. The normalized spacial score (nSPS) is 12.9. The van der Waals surface area contributed by atoms with Gasteiger partial charge in [-0.2, -0.15) is 18.4 Å². The molecule has 0 radical (unpaired) electrons. The van der Waals surface area contributed by atoms with E-state index in [1.165, 1.54) is 12.1 Å². The van der Waals surface area contributed by atoms with Gasteiger partial charge >= 0.3 is 6.18 Å². The zero-order chi connectivity index (χ0) is 13.9. The number of nitrogens with one attached hydrogen (secondary N) is 1. The first-order chi connectivity index (χ1) is 8.25. The molecule has 0 amide bonds. The van der Waals surface area contributed by atoms with E-state index in [-0.39, 0.29) is 10.7 Å². The number of hydrogen-bond acceptors (Lipinski definition) is 2. The minimum atomic E-state index is -4.57. The zero-order valence-electron chi connectivity index (χ0n) is 9.28. The first-order valence-electron chi connectivity index (χ1n) is 4.91. The number of aryl methyl sites for hydroxylation is 1. The number of nitriles is 1. The van der Waals surface area contributed by atoms with Crippen molar-refractivity contribution in [3.63, 3.8) is 0 Å². The fourth-order valence-corrected chi connectivity index (χ4v) is 1.68. The highest BCUT2D eigenvalue weighted by Crippen LogP contribution is 2.30. The SMILES string of the molecule is Cc1cc(Cl)c(NCC(C#N)C(F)(F)F)cc1Cl. The minimum absolute atomic E-state index is 0.260. The summed E-state index contributed by atoms with van der Waals surface area (Å²) in [6.07, 6.45) is -4.57. The van der Waals surface area contributed by atoms with Crippen molar-refractivity contribution >= 4 is 28.9 Å². The maximum Gasteiger partial charge on any atom is 0.406 e. The van der Waals surface area contributed by atoms with Gasteiger partial charge < -0.3 is 5.32 Å². The Morgan fingerprint density at radius 3 is 2.44 bits per heavy atom. The molecule has 0 bridgehead atoms. The van der Waals surface area contributed by atoms with Gasteiger partial charge in [0.1, 0.15) is 0 Å². The Labute approximate surface area is 112 Å². The second kappa shape index (κ2) is 5.68. The van der Waals surface area contributed by atoms with E-state index in [0.717, 1.165) is 5.56 Å². The highest BCUT2D eigenvalue weighted by atomic mass is 35.5. The summed E-state index contributed by atoms with van der Waals surface area (Å²) >= 11 is 11.7. The van der Waals surface area contributed by atoms with Gasteiger partial charge in [-0.1, -0.05) is 23.2 Å². The van der Waals surface area contributed by atoms with Crippen LogP contribution in [0.5, 0.6) is 0 Å². The first-order valence-corrected chi connectivity index (χ1v) is 5.67. The van der Waals surface area contributed by atoms with Crippen LogP contribution >= 0.6 is 23.2 Å². The first kappa shape index (κ1) is 14.9. The molecule has 1 atom stereocenters. The third kappa shape index (κ3) is 3.69. The number of hydrogen-bond donors (Lipinski definition) is 1. The molecule has 0 aliphatic carbocycles. The van der Waals surface area contributed by atoms with Crippen LogP contribution in [0.15, 0.2) is 12.1 Å². The molecule has 1 aromatic carbocycles. The van der Waals surface area contributed by atoms with Gasteiger partial charge in [-0.25, -0.2) is 0 Å². The highest BCUT2D eigenvalue weighted by Gasteiger charge is 2.39. The van der Waals surface area contributed by atoms with Crippen molar-refractivity contribution in [1.29, 1.82) is 5.26 Å². The predicted molar refractivity (Wildman–Crippen MR) is 64.8 cm³/mol. The summed E-state index contributed by atoms with van der Waals surface area (Å²) in [7, 11) is 0. The standard InChI is InChI=1S/C11H9Cl2F3N2/c1-6-2-9(13)10(3-8(6)12)18-5-7(4-17)11(14,15)16/h2-3,7,18H,5H2,1H3. The molecule has 1 aromatic rings. The lowest BCUT2D eigenvalue weighted by Crippen LogP contribution is -2.28. The van der Waals surface area contributed by atoms with Crippen LogP contribution < -0.4 is 5.32 Å². The second-order valence-corrected chi connectivity index (χ2v) is 4.50. The summed E-state index contributed by atoms with van der Waals surface area (Å²) in [4.78, 5) is 0. The van der Waals surface area contributed by atoms with Crippen molar-refractivity contribution in [3.8, 4) is 6.07 Å². The van der Waals surface area contributed by atoms with E-state index in [2.05, 4.69) is 5.32 Å². The Morgan fingerprint density at radius 1 is 1.33 bits per heavy atom. The number of benzene rings is 1. The van der Waals surface area contributed by atoms with Crippen LogP contribution in [0.1, 0.15) is 5.56 Å².